The lowest BCUT2D eigenvalue weighted by molar-refractivity contribution is -0.137. The number of hydrogen-bond donors (Lipinski definition) is 4. The normalized spacial score (nSPS) is 24.7. The second-order valence-corrected chi connectivity index (χ2v) is 11.5. The van der Waals surface area contributed by atoms with Gasteiger partial charge in [-0.3, -0.25) is 19.2 Å². The molecule has 2 unspecified atom stereocenters. The summed E-state index contributed by atoms with van der Waals surface area (Å²) >= 11 is 0. The minimum absolute atomic E-state index is 0.0432. The molecular weight excluding hydrogens is 544 g/mol. The first-order valence-electron chi connectivity index (χ1n) is 14.0. The van der Waals surface area contributed by atoms with Crippen molar-refractivity contribution in [2.24, 2.45) is 0 Å². The number of Topliss-reactive ketones (excluding diaryl/α,β-unsaturated/α-hetero) is 1. The van der Waals surface area contributed by atoms with Gasteiger partial charge >= 0.3 is 14.2 Å². The van der Waals surface area contributed by atoms with Gasteiger partial charge in [0.2, 0.25) is 5.91 Å². The van der Waals surface area contributed by atoms with Gasteiger partial charge in [-0.05, 0) is 66.1 Å². The van der Waals surface area contributed by atoms with Gasteiger partial charge in [-0.2, -0.15) is 0 Å². The maximum Gasteiger partial charge on any atom is 0.491 e. The number of nitrogens with zero attached hydrogens (tertiary/aromatic N) is 2. The summed E-state index contributed by atoms with van der Waals surface area (Å²) in [5.74, 6) is -1.38. The first-order chi connectivity index (χ1) is 20.1. The minimum Gasteiger partial charge on any atom is -0.423 e. The smallest absolute Gasteiger partial charge is 0.423 e. The van der Waals surface area contributed by atoms with Gasteiger partial charge in [0, 0.05) is 42.7 Å². The number of amides is 3. The van der Waals surface area contributed by atoms with Crippen LogP contribution in [0.2, 0.25) is 0 Å². The average Bonchev–Trinajstić information content (AvgIpc) is 3.74. The number of ketones is 1. The monoisotopic (exact) mass is 575 g/mol. The molecule has 0 bridgehead atoms. The highest BCUT2D eigenvalue weighted by Gasteiger charge is 2.46. The molecule has 2 aromatic carbocycles. The number of β-amino-alcohol motifs (C(OH)–C–C–N with tert-alkyl or cyclic N) is 1. The highest BCUT2D eigenvalue weighted by molar-refractivity contribution is 6.62. The predicted molar refractivity (Wildman–Crippen MR) is 150 cm³/mol. The molecule has 2 aromatic rings. The fourth-order valence-electron chi connectivity index (χ4n) is 6.42. The summed E-state index contributed by atoms with van der Waals surface area (Å²) < 4.78 is 10.5. The molecule has 2 fully saturated rings. The summed E-state index contributed by atoms with van der Waals surface area (Å²) in [4.78, 5) is 55.8. The SMILES string of the molecule is CC(=O)C[C@@H]1CC(O)CN1C(=O)C1C[C@@H](NC(=O)c2ccc3c(c2)B(O)OC3)CN1C(=O)c1ccc2c(c1)B(O)OC2. The van der Waals surface area contributed by atoms with E-state index in [0.29, 0.717) is 16.5 Å². The highest BCUT2D eigenvalue weighted by Crippen LogP contribution is 2.28. The van der Waals surface area contributed by atoms with Crippen LogP contribution in [0.1, 0.15) is 58.0 Å². The second kappa shape index (κ2) is 11.3. The molecule has 4 heterocycles. The van der Waals surface area contributed by atoms with E-state index in [1.807, 2.05) is 0 Å². The molecule has 0 aliphatic carbocycles. The van der Waals surface area contributed by atoms with Crippen LogP contribution >= 0.6 is 0 Å². The van der Waals surface area contributed by atoms with E-state index in [4.69, 9.17) is 9.31 Å². The Labute approximate surface area is 242 Å². The Morgan fingerprint density at radius 3 is 2.17 bits per heavy atom. The third-order valence-corrected chi connectivity index (χ3v) is 8.51. The molecule has 0 radical (unpaired) electrons. The summed E-state index contributed by atoms with van der Waals surface area (Å²) in [5, 5.41) is 33.4. The van der Waals surface area contributed by atoms with E-state index in [2.05, 4.69) is 5.32 Å². The summed E-state index contributed by atoms with van der Waals surface area (Å²) in [7, 11) is -2.25. The van der Waals surface area contributed by atoms with E-state index >= 15 is 0 Å². The Morgan fingerprint density at radius 2 is 1.52 bits per heavy atom. The van der Waals surface area contributed by atoms with Crippen molar-refractivity contribution in [2.75, 3.05) is 13.1 Å². The van der Waals surface area contributed by atoms with Crippen molar-refractivity contribution in [3.05, 3.63) is 58.7 Å². The zero-order valence-corrected chi connectivity index (χ0v) is 23.1. The highest BCUT2D eigenvalue weighted by atomic mass is 16.5. The first-order valence-corrected chi connectivity index (χ1v) is 14.0. The standard InChI is InChI=1S/C28H31B2N3O9/c1-15(34)6-21-10-22(35)12-32(21)28(38)25-9-20(31-26(36)16-2-4-18-13-41-29(39)23(18)7-16)11-33(25)27(37)17-3-5-19-14-42-30(40)24(19)8-17/h2-5,7-8,20-22,25,35,39-40H,6,9-14H2,1H3,(H,31,36)/t20-,21-,22?,25?/m1/s1. The number of aliphatic hydroxyl groups is 1. The Morgan fingerprint density at radius 1 is 0.905 bits per heavy atom. The van der Waals surface area contributed by atoms with Gasteiger partial charge in [-0.25, -0.2) is 0 Å². The van der Waals surface area contributed by atoms with Crippen LogP contribution in [-0.4, -0.2) is 100 Å². The Kier molecular flexibility index (Phi) is 7.66. The molecule has 4 aliphatic heterocycles. The van der Waals surface area contributed by atoms with Crippen LogP contribution in [0.4, 0.5) is 0 Å². The van der Waals surface area contributed by atoms with Gasteiger partial charge < -0.3 is 39.6 Å². The van der Waals surface area contributed by atoms with Crippen molar-refractivity contribution >= 4 is 48.7 Å². The number of likely N-dealkylation sites (tertiary alicyclic amines) is 2. The lowest BCUT2D eigenvalue weighted by Gasteiger charge is -2.31. The zero-order chi connectivity index (χ0) is 29.7. The topological polar surface area (TPSA) is 166 Å². The van der Waals surface area contributed by atoms with Crippen LogP contribution in [-0.2, 0) is 32.1 Å². The molecule has 2 saturated heterocycles. The largest absolute Gasteiger partial charge is 0.491 e. The molecule has 0 spiro atoms. The number of aliphatic hydroxyl groups excluding tert-OH is 1. The summed E-state index contributed by atoms with van der Waals surface area (Å²) in [6.07, 6.45) is -0.289. The maximum atomic E-state index is 13.9. The quantitative estimate of drug-likeness (QED) is 0.287. The zero-order valence-electron chi connectivity index (χ0n) is 23.1. The van der Waals surface area contributed by atoms with Gasteiger partial charge in [0.25, 0.3) is 11.8 Å². The Bertz CT molecular complexity index is 1460. The van der Waals surface area contributed by atoms with E-state index in [-0.39, 0.29) is 56.9 Å². The van der Waals surface area contributed by atoms with Crippen LogP contribution in [0.15, 0.2) is 36.4 Å². The van der Waals surface area contributed by atoms with Crippen LogP contribution in [0.5, 0.6) is 0 Å². The molecule has 0 saturated carbocycles. The average molecular weight is 575 g/mol. The second-order valence-electron chi connectivity index (χ2n) is 11.5. The Balaban J connectivity index is 1.26. The van der Waals surface area contributed by atoms with Crippen LogP contribution in [0, 0.1) is 0 Å². The van der Waals surface area contributed by atoms with Gasteiger partial charge in [0.05, 0.1) is 19.3 Å². The number of nitrogens with one attached hydrogen (secondary N) is 1. The number of fused-ring (bicyclic) bond motifs is 2. The van der Waals surface area contributed by atoms with E-state index in [9.17, 15) is 34.3 Å². The number of carbonyl (C=O) groups excluding carboxylic acids is 4. The van der Waals surface area contributed by atoms with Crippen molar-refractivity contribution in [3.8, 4) is 0 Å². The third kappa shape index (κ3) is 5.36. The third-order valence-electron chi connectivity index (χ3n) is 8.51. The predicted octanol–water partition coefficient (Wildman–Crippen LogP) is -1.92. The van der Waals surface area contributed by atoms with Crippen LogP contribution < -0.4 is 16.2 Å². The summed E-state index contributed by atoms with van der Waals surface area (Å²) in [5.41, 5.74) is 3.13. The lowest BCUT2D eigenvalue weighted by Crippen LogP contribution is -2.50. The number of rotatable bonds is 6. The minimum atomic E-state index is -1.15. The lowest BCUT2D eigenvalue weighted by atomic mass is 9.78. The number of benzene rings is 2. The molecule has 42 heavy (non-hydrogen) atoms. The molecule has 218 valence electrons. The molecule has 4 N–H and O–H groups in total. The van der Waals surface area contributed by atoms with Crippen molar-refractivity contribution < 1.29 is 43.6 Å². The molecule has 14 heteroatoms. The van der Waals surface area contributed by atoms with E-state index in [1.54, 1.807) is 36.4 Å². The fraction of sp³-hybridized carbons (Fsp3) is 0.429. The molecule has 4 aliphatic rings. The van der Waals surface area contributed by atoms with Crippen molar-refractivity contribution in [2.45, 2.75) is 63.6 Å². The van der Waals surface area contributed by atoms with E-state index < -0.39 is 56.2 Å². The van der Waals surface area contributed by atoms with Crippen LogP contribution in [0.3, 0.4) is 0 Å². The van der Waals surface area contributed by atoms with Crippen molar-refractivity contribution in [1.29, 1.82) is 0 Å². The number of hydrogen-bond acceptors (Lipinski definition) is 9. The molecule has 4 atom stereocenters. The van der Waals surface area contributed by atoms with E-state index in [1.165, 1.54) is 16.7 Å². The van der Waals surface area contributed by atoms with Crippen LogP contribution in [0.25, 0.3) is 0 Å². The molecule has 0 aromatic heterocycles. The van der Waals surface area contributed by atoms with E-state index in [0.717, 1.165) is 11.1 Å². The summed E-state index contributed by atoms with van der Waals surface area (Å²) in [6.45, 7) is 2.00. The maximum absolute atomic E-state index is 13.9. The molecule has 6 rings (SSSR count). The Hall–Kier alpha value is -3.55. The van der Waals surface area contributed by atoms with Gasteiger partial charge in [0.1, 0.15) is 11.8 Å². The molecular formula is C28H31B2N3O9. The van der Waals surface area contributed by atoms with Crippen molar-refractivity contribution in [1.82, 2.24) is 15.1 Å². The van der Waals surface area contributed by atoms with Crippen molar-refractivity contribution in [3.63, 3.8) is 0 Å². The number of carbonyl (C=O) groups is 4. The molecule has 12 nitrogen and oxygen atoms in total. The van der Waals surface area contributed by atoms with Gasteiger partial charge in [0.15, 0.2) is 0 Å². The van der Waals surface area contributed by atoms with Gasteiger partial charge in [-0.1, -0.05) is 12.1 Å². The first kappa shape index (κ1) is 28.6. The van der Waals surface area contributed by atoms with Gasteiger partial charge in [-0.15, -0.1) is 0 Å². The summed E-state index contributed by atoms with van der Waals surface area (Å²) in [6, 6.07) is 7.78. The fourth-order valence-corrected chi connectivity index (χ4v) is 6.42. The molecule has 3 amide bonds.